The standard InChI is InChI=1S/C14H12O3/c1-9-2-4-10(5-3-9)12-7-6-11(14(16)17)8-13(12)15/h2-8,15H,1H3,(H,16,17). The van der Waals surface area contributed by atoms with E-state index in [1.54, 1.807) is 6.07 Å². The largest absolute Gasteiger partial charge is 0.507 e. The van der Waals surface area contributed by atoms with Crippen molar-refractivity contribution in [2.45, 2.75) is 6.92 Å². The van der Waals surface area contributed by atoms with Gasteiger partial charge in [-0.25, -0.2) is 4.79 Å². The van der Waals surface area contributed by atoms with Gasteiger partial charge in [-0.2, -0.15) is 0 Å². The fourth-order valence-corrected chi connectivity index (χ4v) is 1.64. The van der Waals surface area contributed by atoms with Crippen LogP contribution in [0, 0.1) is 6.92 Å². The zero-order valence-corrected chi connectivity index (χ0v) is 9.34. The molecule has 0 unspecified atom stereocenters. The minimum absolute atomic E-state index is 0.0197. The Kier molecular flexibility index (Phi) is 2.83. The Labute approximate surface area is 99.0 Å². The van der Waals surface area contributed by atoms with E-state index in [1.165, 1.54) is 12.1 Å². The molecule has 0 aliphatic carbocycles. The zero-order valence-electron chi connectivity index (χ0n) is 9.34. The van der Waals surface area contributed by atoms with Crippen molar-refractivity contribution >= 4 is 5.97 Å². The van der Waals surface area contributed by atoms with Crippen LogP contribution in [0.1, 0.15) is 15.9 Å². The van der Waals surface area contributed by atoms with Gasteiger partial charge in [0.05, 0.1) is 5.56 Å². The molecule has 0 aliphatic heterocycles. The number of benzene rings is 2. The maximum absolute atomic E-state index is 10.7. The molecule has 2 aromatic rings. The molecule has 0 bridgehead atoms. The molecule has 0 atom stereocenters. The summed E-state index contributed by atoms with van der Waals surface area (Å²) in [6.07, 6.45) is 0. The molecule has 0 aromatic heterocycles. The van der Waals surface area contributed by atoms with Crippen LogP contribution in [-0.2, 0) is 0 Å². The van der Waals surface area contributed by atoms with E-state index in [-0.39, 0.29) is 11.3 Å². The summed E-state index contributed by atoms with van der Waals surface area (Å²) >= 11 is 0. The molecule has 0 heterocycles. The highest BCUT2D eigenvalue weighted by atomic mass is 16.4. The molecule has 3 heteroatoms. The van der Waals surface area contributed by atoms with Crippen molar-refractivity contribution in [2.75, 3.05) is 0 Å². The molecule has 0 amide bonds. The number of carboxylic acid groups (broad SMARTS) is 1. The van der Waals surface area contributed by atoms with Gasteiger partial charge in [-0.1, -0.05) is 29.8 Å². The van der Waals surface area contributed by atoms with E-state index in [1.807, 2.05) is 31.2 Å². The van der Waals surface area contributed by atoms with Gasteiger partial charge in [-0.15, -0.1) is 0 Å². The van der Waals surface area contributed by atoms with E-state index in [9.17, 15) is 9.90 Å². The fourth-order valence-electron chi connectivity index (χ4n) is 1.64. The predicted octanol–water partition coefficient (Wildman–Crippen LogP) is 3.07. The molecule has 2 rings (SSSR count). The highest BCUT2D eigenvalue weighted by Crippen LogP contribution is 2.30. The third-order valence-corrected chi connectivity index (χ3v) is 2.61. The zero-order chi connectivity index (χ0) is 12.4. The van der Waals surface area contributed by atoms with E-state index in [4.69, 9.17) is 5.11 Å². The van der Waals surface area contributed by atoms with Gasteiger partial charge in [0.1, 0.15) is 5.75 Å². The molecule has 0 saturated heterocycles. The second kappa shape index (κ2) is 4.29. The number of rotatable bonds is 2. The smallest absolute Gasteiger partial charge is 0.335 e. The van der Waals surface area contributed by atoms with Crippen LogP contribution in [0.2, 0.25) is 0 Å². The first-order chi connectivity index (χ1) is 8.08. The lowest BCUT2D eigenvalue weighted by atomic mass is 10.0. The minimum atomic E-state index is -1.05. The van der Waals surface area contributed by atoms with Crippen LogP contribution in [0.4, 0.5) is 0 Å². The van der Waals surface area contributed by atoms with Crippen LogP contribution in [-0.4, -0.2) is 16.2 Å². The number of hydrogen-bond acceptors (Lipinski definition) is 2. The number of phenols is 1. The molecule has 86 valence electrons. The van der Waals surface area contributed by atoms with E-state index < -0.39 is 5.97 Å². The summed E-state index contributed by atoms with van der Waals surface area (Å²) in [7, 11) is 0. The van der Waals surface area contributed by atoms with Crippen molar-refractivity contribution < 1.29 is 15.0 Å². The predicted molar refractivity (Wildman–Crippen MR) is 65.2 cm³/mol. The topological polar surface area (TPSA) is 57.5 Å². The van der Waals surface area contributed by atoms with Crippen molar-refractivity contribution in [2.24, 2.45) is 0 Å². The highest BCUT2D eigenvalue weighted by Gasteiger charge is 2.08. The maximum Gasteiger partial charge on any atom is 0.335 e. The fraction of sp³-hybridized carbons (Fsp3) is 0.0714. The van der Waals surface area contributed by atoms with Gasteiger partial charge in [0.2, 0.25) is 0 Å². The summed E-state index contributed by atoms with van der Waals surface area (Å²) in [5.74, 6) is -1.07. The summed E-state index contributed by atoms with van der Waals surface area (Å²) in [6.45, 7) is 1.98. The van der Waals surface area contributed by atoms with E-state index in [0.29, 0.717) is 5.56 Å². The number of aryl methyl sites for hydroxylation is 1. The molecular weight excluding hydrogens is 216 g/mol. The molecule has 0 fully saturated rings. The molecule has 0 radical (unpaired) electrons. The summed E-state index contributed by atoms with van der Waals surface area (Å²) in [6, 6.07) is 12.0. The summed E-state index contributed by atoms with van der Waals surface area (Å²) in [4.78, 5) is 10.7. The van der Waals surface area contributed by atoms with Crippen molar-refractivity contribution in [3.63, 3.8) is 0 Å². The Morgan fingerprint density at radius 2 is 1.71 bits per heavy atom. The third-order valence-electron chi connectivity index (χ3n) is 2.61. The summed E-state index contributed by atoms with van der Waals surface area (Å²) < 4.78 is 0. The molecular formula is C14H12O3. The first-order valence-corrected chi connectivity index (χ1v) is 5.21. The van der Waals surface area contributed by atoms with Gasteiger partial charge in [-0.3, -0.25) is 0 Å². The Balaban J connectivity index is 2.46. The van der Waals surface area contributed by atoms with Gasteiger partial charge in [0, 0.05) is 5.56 Å². The van der Waals surface area contributed by atoms with Crippen LogP contribution >= 0.6 is 0 Å². The lowest BCUT2D eigenvalue weighted by Gasteiger charge is -2.06. The van der Waals surface area contributed by atoms with Crippen molar-refractivity contribution in [1.29, 1.82) is 0 Å². The summed E-state index contributed by atoms with van der Waals surface area (Å²) in [5, 5.41) is 18.6. The Morgan fingerprint density at radius 3 is 2.24 bits per heavy atom. The average molecular weight is 228 g/mol. The molecule has 3 nitrogen and oxygen atoms in total. The third kappa shape index (κ3) is 2.28. The van der Waals surface area contributed by atoms with E-state index >= 15 is 0 Å². The lowest BCUT2D eigenvalue weighted by molar-refractivity contribution is 0.0696. The SMILES string of the molecule is Cc1ccc(-c2ccc(C(=O)O)cc2O)cc1. The molecule has 2 N–H and O–H groups in total. The Morgan fingerprint density at radius 1 is 1.06 bits per heavy atom. The van der Waals surface area contributed by atoms with Crippen molar-refractivity contribution in [3.05, 3.63) is 53.6 Å². The normalized spacial score (nSPS) is 10.2. The second-order valence-electron chi connectivity index (χ2n) is 3.90. The maximum atomic E-state index is 10.7. The average Bonchev–Trinajstić information content (AvgIpc) is 2.30. The van der Waals surface area contributed by atoms with Crippen LogP contribution in [0.25, 0.3) is 11.1 Å². The van der Waals surface area contributed by atoms with Crippen molar-refractivity contribution in [1.82, 2.24) is 0 Å². The number of aromatic hydroxyl groups is 1. The summed E-state index contributed by atoms with van der Waals surface area (Å²) in [5.41, 5.74) is 2.72. The first kappa shape index (κ1) is 11.2. The van der Waals surface area contributed by atoms with Gasteiger partial charge in [0.25, 0.3) is 0 Å². The van der Waals surface area contributed by atoms with Crippen LogP contribution in [0.5, 0.6) is 5.75 Å². The van der Waals surface area contributed by atoms with Gasteiger partial charge < -0.3 is 10.2 Å². The van der Waals surface area contributed by atoms with Gasteiger partial charge in [0.15, 0.2) is 0 Å². The quantitative estimate of drug-likeness (QED) is 0.830. The van der Waals surface area contributed by atoms with Gasteiger partial charge in [-0.05, 0) is 30.7 Å². The monoisotopic (exact) mass is 228 g/mol. The number of hydrogen-bond donors (Lipinski definition) is 2. The number of aromatic carboxylic acids is 1. The minimum Gasteiger partial charge on any atom is -0.507 e. The number of carbonyl (C=O) groups is 1. The van der Waals surface area contributed by atoms with Crippen LogP contribution < -0.4 is 0 Å². The molecule has 0 saturated carbocycles. The molecule has 0 aliphatic rings. The van der Waals surface area contributed by atoms with Crippen LogP contribution in [0.15, 0.2) is 42.5 Å². The van der Waals surface area contributed by atoms with E-state index in [2.05, 4.69) is 0 Å². The van der Waals surface area contributed by atoms with Crippen molar-refractivity contribution in [3.8, 4) is 16.9 Å². The Bertz CT molecular complexity index is 556. The highest BCUT2D eigenvalue weighted by molar-refractivity contribution is 5.89. The van der Waals surface area contributed by atoms with Gasteiger partial charge >= 0.3 is 5.97 Å². The molecule has 2 aromatic carbocycles. The second-order valence-corrected chi connectivity index (χ2v) is 3.90. The van der Waals surface area contributed by atoms with Crippen LogP contribution in [0.3, 0.4) is 0 Å². The number of carboxylic acids is 1. The molecule has 0 spiro atoms. The Hall–Kier alpha value is -2.29. The van der Waals surface area contributed by atoms with E-state index in [0.717, 1.165) is 11.1 Å². The molecule has 17 heavy (non-hydrogen) atoms. The lowest BCUT2D eigenvalue weighted by Crippen LogP contribution is -1.95. The first-order valence-electron chi connectivity index (χ1n) is 5.21. The number of phenolic OH excluding ortho intramolecular Hbond substituents is 1.